The predicted molar refractivity (Wildman–Crippen MR) is 91.1 cm³/mol. The molecular formula is C17H12F3N3O6. The number of hydrogen-bond donors (Lipinski definition) is 2. The lowest BCUT2D eigenvalue weighted by atomic mass is 10.1. The van der Waals surface area contributed by atoms with Gasteiger partial charge in [0, 0.05) is 11.6 Å². The largest absolute Gasteiger partial charge is 0.573 e. The van der Waals surface area contributed by atoms with Crippen molar-refractivity contribution in [3.05, 3.63) is 42.0 Å². The molecule has 0 aliphatic rings. The molecule has 12 heteroatoms. The van der Waals surface area contributed by atoms with Crippen molar-refractivity contribution in [1.29, 1.82) is 0 Å². The Labute approximate surface area is 160 Å². The van der Waals surface area contributed by atoms with E-state index in [4.69, 9.17) is 14.3 Å². The highest BCUT2D eigenvalue weighted by Gasteiger charge is 2.31. The Morgan fingerprint density at radius 3 is 2.69 bits per heavy atom. The molecule has 0 unspecified atom stereocenters. The molecule has 0 spiro atoms. The third-order valence-corrected chi connectivity index (χ3v) is 3.58. The molecule has 3 aromatic rings. The smallest absolute Gasteiger partial charge is 0.476 e. The fourth-order valence-electron chi connectivity index (χ4n) is 2.47. The third kappa shape index (κ3) is 4.36. The molecule has 0 bridgehead atoms. The number of ether oxygens (including phenoxy) is 2. The van der Waals surface area contributed by atoms with Crippen molar-refractivity contribution in [1.82, 2.24) is 9.97 Å². The van der Waals surface area contributed by atoms with E-state index in [2.05, 4.69) is 20.0 Å². The standard InChI is InChI=1S/C17H12F3N3O6/c1-2-27-16(26)10-6-21-11-4-3-8(29-17(18,19)20)5-9(11)12(10)23-14-13(15(24)25)22-7-28-14/h3-7H,2H2,1H3,(H,21,23)(H,24,25). The molecule has 0 aliphatic carbocycles. The van der Waals surface area contributed by atoms with Crippen molar-refractivity contribution in [3.8, 4) is 5.75 Å². The number of pyridine rings is 1. The van der Waals surface area contributed by atoms with Gasteiger partial charge >= 0.3 is 18.3 Å². The zero-order chi connectivity index (χ0) is 21.2. The average Bonchev–Trinajstić information content (AvgIpc) is 3.09. The predicted octanol–water partition coefficient (Wildman–Crippen LogP) is 3.74. The summed E-state index contributed by atoms with van der Waals surface area (Å²) < 4.78 is 51.6. The van der Waals surface area contributed by atoms with E-state index in [1.54, 1.807) is 6.92 Å². The normalized spacial score (nSPS) is 11.3. The summed E-state index contributed by atoms with van der Waals surface area (Å²) >= 11 is 0. The first-order valence-corrected chi connectivity index (χ1v) is 7.99. The van der Waals surface area contributed by atoms with Gasteiger partial charge in [0.15, 0.2) is 6.39 Å². The monoisotopic (exact) mass is 411 g/mol. The van der Waals surface area contributed by atoms with Crippen LogP contribution in [-0.4, -0.2) is 40.0 Å². The van der Waals surface area contributed by atoms with Crippen LogP contribution >= 0.6 is 0 Å². The van der Waals surface area contributed by atoms with Crippen molar-refractivity contribution in [2.24, 2.45) is 0 Å². The van der Waals surface area contributed by atoms with Crippen LogP contribution < -0.4 is 10.1 Å². The fraction of sp³-hybridized carbons (Fsp3) is 0.176. The summed E-state index contributed by atoms with van der Waals surface area (Å²) in [4.78, 5) is 31.1. The van der Waals surface area contributed by atoms with Gasteiger partial charge in [-0.25, -0.2) is 14.6 Å². The molecular weight excluding hydrogens is 399 g/mol. The molecule has 152 valence electrons. The highest BCUT2D eigenvalue weighted by Crippen LogP contribution is 2.34. The maximum absolute atomic E-state index is 12.6. The molecule has 0 atom stereocenters. The number of oxazole rings is 1. The number of aromatic carboxylic acids is 1. The topological polar surface area (TPSA) is 124 Å². The fourth-order valence-corrected chi connectivity index (χ4v) is 2.47. The highest BCUT2D eigenvalue weighted by atomic mass is 19.4. The molecule has 29 heavy (non-hydrogen) atoms. The number of anilines is 2. The van der Waals surface area contributed by atoms with Crippen LogP contribution in [-0.2, 0) is 4.74 Å². The zero-order valence-corrected chi connectivity index (χ0v) is 14.6. The van der Waals surface area contributed by atoms with Crippen molar-refractivity contribution in [2.75, 3.05) is 11.9 Å². The van der Waals surface area contributed by atoms with E-state index in [1.807, 2.05) is 0 Å². The van der Waals surface area contributed by atoms with E-state index in [9.17, 15) is 22.8 Å². The number of nitrogens with zero attached hydrogens (tertiary/aromatic N) is 2. The maximum Gasteiger partial charge on any atom is 0.573 e. The van der Waals surface area contributed by atoms with Crippen LogP contribution in [0.15, 0.2) is 35.2 Å². The number of carbonyl (C=O) groups excluding carboxylic acids is 1. The Morgan fingerprint density at radius 1 is 1.28 bits per heavy atom. The van der Waals surface area contributed by atoms with E-state index < -0.39 is 29.7 Å². The molecule has 0 saturated carbocycles. The maximum atomic E-state index is 12.6. The Balaban J connectivity index is 2.18. The molecule has 0 aliphatic heterocycles. The molecule has 2 aromatic heterocycles. The van der Waals surface area contributed by atoms with Gasteiger partial charge in [-0.2, -0.15) is 0 Å². The molecule has 1 aromatic carbocycles. The van der Waals surface area contributed by atoms with Crippen molar-refractivity contribution >= 4 is 34.4 Å². The second-order valence-corrected chi connectivity index (χ2v) is 5.45. The van der Waals surface area contributed by atoms with Crippen LogP contribution in [0.1, 0.15) is 27.8 Å². The number of fused-ring (bicyclic) bond motifs is 1. The first kappa shape index (κ1) is 19.9. The number of carboxylic acids is 1. The van der Waals surface area contributed by atoms with Crippen LogP contribution in [0.2, 0.25) is 0 Å². The number of aromatic nitrogens is 2. The molecule has 2 N–H and O–H groups in total. The summed E-state index contributed by atoms with van der Waals surface area (Å²) in [5.74, 6) is -3.15. The number of esters is 1. The van der Waals surface area contributed by atoms with Crippen LogP contribution in [0.3, 0.4) is 0 Å². The van der Waals surface area contributed by atoms with Crippen LogP contribution in [0.25, 0.3) is 10.9 Å². The van der Waals surface area contributed by atoms with Crippen molar-refractivity contribution in [2.45, 2.75) is 13.3 Å². The summed E-state index contributed by atoms with van der Waals surface area (Å²) in [5.41, 5.74) is -0.532. The summed E-state index contributed by atoms with van der Waals surface area (Å²) in [5, 5.41) is 11.8. The number of rotatable bonds is 6. The Hall–Kier alpha value is -3.83. The Kier molecular flexibility index (Phi) is 5.26. The first-order chi connectivity index (χ1) is 13.7. The molecule has 0 saturated heterocycles. The number of alkyl halides is 3. The lowest BCUT2D eigenvalue weighted by Crippen LogP contribution is -2.17. The third-order valence-electron chi connectivity index (χ3n) is 3.58. The summed E-state index contributed by atoms with van der Waals surface area (Å²) in [7, 11) is 0. The summed E-state index contributed by atoms with van der Waals surface area (Å²) in [6, 6.07) is 3.29. The quantitative estimate of drug-likeness (QED) is 0.584. The van der Waals surface area contributed by atoms with Gasteiger partial charge in [-0.05, 0) is 25.1 Å². The number of benzene rings is 1. The van der Waals surface area contributed by atoms with Gasteiger partial charge in [0.1, 0.15) is 11.3 Å². The first-order valence-electron chi connectivity index (χ1n) is 7.99. The SMILES string of the molecule is CCOC(=O)c1cnc2ccc(OC(F)(F)F)cc2c1Nc1ocnc1C(=O)O. The number of nitrogens with one attached hydrogen (secondary N) is 1. The minimum absolute atomic E-state index is 0.0240. The second kappa shape index (κ2) is 7.66. The zero-order valence-electron chi connectivity index (χ0n) is 14.6. The lowest BCUT2D eigenvalue weighted by molar-refractivity contribution is -0.274. The number of carboxylic acid groups (broad SMARTS) is 1. The molecule has 0 fully saturated rings. The van der Waals surface area contributed by atoms with Gasteiger partial charge in [-0.15, -0.1) is 13.2 Å². The molecule has 0 amide bonds. The van der Waals surface area contributed by atoms with Gasteiger partial charge in [-0.1, -0.05) is 0 Å². The van der Waals surface area contributed by atoms with Gasteiger partial charge in [-0.3, -0.25) is 4.98 Å². The van der Waals surface area contributed by atoms with E-state index >= 15 is 0 Å². The van der Waals surface area contributed by atoms with E-state index in [0.29, 0.717) is 0 Å². The van der Waals surface area contributed by atoms with E-state index in [1.165, 1.54) is 6.07 Å². The van der Waals surface area contributed by atoms with Gasteiger partial charge in [0.2, 0.25) is 11.6 Å². The molecule has 0 radical (unpaired) electrons. The minimum Gasteiger partial charge on any atom is -0.476 e. The average molecular weight is 411 g/mol. The van der Waals surface area contributed by atoms with Gasteiger partial charge in [0.05, 0.1) is 17.8 Å². The number of carbonyl (C=O) groups is 2. The van der Waals surface area contributed by atoms with Crippen LogP contribution in [0.4, 0.5) is 24.7 Å². The Morgan fingerprint density at radius 2 is 2.03 bits per heavy atom. The summed E-state index contributed by atoms with van der Waals surface area (Å²) in [6.45, 7) is 1.59. The second-order valence-electron chi connectivity index (χ2n) is 5.45. The molecule has 9 nitrogen and oxygen atoms in total. The number of hydrogen-bond acceptors (Lipinski definition) is 8. The number of halogens is 3. The van der Waals surface area contributed by atoms with Crippen LogP contribution in [0, 0.1) is 0 Å². The minimum atomic E-state index is -4.94. The van der Waals surface area contributed by atoms with Crippen LogP contribution in [0.5, 0.6) is 5.75 Å². The Bertz CT molecular complexity index is 1080. The molecule has 2 heterocycles. The van der Waals surface area contributed by atoms with Gasteiger partial charge < -0.3 is 24.3 Å². The van der Waals surface area contributed by atoms with Crippen molar-refractivity contribution in [3.63, 3.8) is 0 Å². The van der Waals surface area contributed by atoms with Crippen molar-refractivity contribution < 1.29 is 41.8 Å². The van der Waals surface area contributed by atoms with E-state index in [-0.39, 0.29) is 34.6 Å². The van der Waals surface area contributed by atoms with Gasteiger partial charge in [0.25, 0.3) is 0 Å². The lowest BCUT2D eigenvalue weighted by Gasteiger charge is -2.14. The van der Waals surface area contributed by atoms with E-state index in [0.717, 1.165) is 24.7 Å². The molecule has 3 rings (SSSR count). The highest BCUT2D eigenvalue weighted by molar-refractivity contribution is 6.07. The summed E-state index contributed by atoms with van der Waals surface area (Å²) in [6.07, 6.45) is -2.93.